The van der Waals surface area contributed by atoms with Crippen LogP contribution in [0, 0.1) is 0 Å². The first-order valence-electron chi connectivity index (χ1n) is 11.7. The summed E-state index contributed by atoms with van der Waals surface area (Å²) in [6.07, 6.45) is 0. The molecular formula is C31H22N2O2. The maximum atomic E-state index is 6.42. The van der Waals surface area contributed by atoms with E-state index in [0.29, 0.717) is 6.54 Å². The number of benzene rings is 5. The summed E-state index contributed by atoms with van der Waals surface area (Å²) < 4.78 is 12.6. The van der Waals surface area contributed by atoms with Crippen molar-refractivity contribution < 1.29 is 8.83 Å². The van der Waals surface area contributed by atoms with Gasteiger partial charge >= 0.3 is 0 Å². The van der Waals surface area contributed by atoms with E-state index in [1.165, 1.54) is 5.56 Å². The number of rotatable bonds is 4. The van der Waals surface area contributed by atoms with Gasteiger partial charge in [-0.2, -0.15) is 0 Å². The first kappa shape index (κ1) is 19.7. The van der Waals surface area contributed by atoms with E-state index in [0.717, 1.165) is 60.9 Å². The second-order valence-electron chi connectivity index (χ2n) is 8.83. The molecule has 0 aliphatic rings. The molecule has 4 nitrogen and oxygen atoms in total. The third kappa shape index (κ3) is 3.15. The highest BCUT2D eigenvalue weighted by Gasteiger charge is 2.18. The van der Waals surface area contributed by atoms with E-state index in [2.05, 4.69) is 65.6 Å². The highest BCUT2D eigenvalue weighted by atomic mass is 16.4. The monoisotopic (exact) mass is 454 g/mol. The Morgan fingerprint density at radius 2 is 1.23 bits per heavy atom. The van der Waals surface area contributed by atoms with Gasteiger partial charge in [-0.15, -0.1) is 0 Å². The molecule has 2 heterocycles. The van der Waals surface area contributed by atoms with Crippen LogP contribution < -0.4 is 10.6 Å². The number of nitrogen functional groups attached to an aromatic ring is 1. The van der Waals surface area contributed by atoms with E-state index in [1.54, 1.807) is 0 Å². The minimum atomic E-state index is 0.699. The quantitative estimate of drug-likeness (QED) is 0.271. The lowest BCUT2D eigenvalue weighted by Crippen LogP contribution is -2.17. The number of fused-ring (bicyclic) bond motifs is 7. The van der Waals surface area contributed by atoms with Gasteiger partial charge in [-0.3, -0.25) is 0 Å². The van der Waals surface area contributed by atoms with Crippen molar-refractivity contribution in [2.45, 2.75) is 6.54 Å². The van der Waals surface area contributed by atoms with Crippen LogP contribution in [0.1, 0.15) is 5.56 Å². The lowest BCUT2D eigenvalue weighted by molar-refractivity contribution is 0.633. The second-order valence-corrected chi connectivity index (χ2v) is 8.83. The first-order valence-corrected chi connectivity index (χ1v) is 11.7. The number of nitrogens with zero attached hydrogens (tertiary/aromatic N) is 1. The summed E-state index contributed by atoms with van der Waals surface area (Å²) in [4.78, 5) is 2.25. The number of para-hydroxylation sites is 3. The van der Waals surface area contributed by atoms with Gasteiger partial charge in [-0.1, -0.05) is 60.7 Å². The molecular weight excluding hydrogens is 432 g/mol. The van der Waals surface area contributed by atoms with Crippen LogP contribution in [0.4, 0.5) is 17.1 Å². The molecule has 0 saturated carbocycles. The van der Waals surface area contributed by atoms with Crippen LogP contribution >= 0.6 is 0 Å². The highest BCUT2D eigenvalue weighted by molar-refractivity contribution is 6.19. The maximum Gasteiger partial charge on any atom is 0.178 e. The van der Waals surface area contributed by atoms with Crippen molar-refractivity contribution in [1.29, 1.82) is 0 Å². The molecule has 0 fully saturated rings. The Morgan fingerprint density at radius 1 is 0.571 bits per heavy atom. The third-order valence-corrected chi connectivity index (χ3v) is 6.69. The van der Waals surface area contributed by atoms with Crippen LogP contribution in [-0.2, 0) is 6.54 Å². The summed E-state index contributed by atoms with van der Waals surface area (Å²) in [5.41, 5.74) is 13.7. The molecule has 7 aromatic rings. The molecule has 168 valence electrons. The van der Waals surface area contributed by atoms with Crippen LogP contribution in [-0.4, -0.2) is 0 Å². The molecule has 4 heteroatoms. The zero-order valence-corrected chi connectivity index (χ0v) is 18.9. The van der Waals surface area contributed by atoms with Gasteiger partial charge in [0, 0.05) is 33.8 Å². The number of furan rings is 2. The largest absolute Gasteiger partial charge is 0.452 e. The van der Waals surface area contributed by atoms with E-state index in [1.807, 2.05) is 48.5 Å². The summed E-state index contributed by atoms with van der Waals surface area (Å²) in [6.45, 7) is 0.699. The van der Waals surface area contributed by atoms with Crippen LogP contribution in [0.3, 0.4) is 0 Å². The van der Waals surface area contributed by atoms with Gasteiger partial charge in [0.2, 0.25) is 0 Å². The average Bonchev–Trinajstić information content (AvgIpc) is 3.46. The molecule has 2 aromatic heterocycles. The summed E-state index contributed by atoms with van der Waals surface area (Å²) in [7, 11) is 0. The van der Waals surface area contributed by atoms with Gasteiger partial charge in [0.25, 0.3) is 0 Å². The van der Waals surface area contributed by atoms with Crippen LogP contribution in [0.5, 0.6) is 0 Å². The first-order chi connectivity index (χ1) is 17.3. The van der Waals surface area contributed by atoms with Gasteiger partial charge in [-0.05, 0) is 54.1 Å². The molecule has 0 bridgehead atoms. The fourth-order valence-corrected chi connectivity index (χ4v) is 4.99. The number of hydrogen-bond donors (Lipinski definition) is 1. The molecule has 0 atom stereocenters. The number of nitrogens with two attached hydrogens (primary N) is 1. The predicted molar refractivity (Wildman–Crippen MR) is 144 cm³/mol. The van der Waals surface area contributed by atoms with Crippen molar-refractivity contribution in [2.75, 3.05) is 10.6 Å². The normalized spacial score (nSPS) is 11.7. The Balaban J connectivity index is 1.43. The SMILES string of the molecule is Nc1ccccc1N(Cc1ccccc1)c1ccc2oc3c(ccc4c5ccccc5oc43)c2c1. The minimum absolute atomic E-state index is 0.699. The van der Waals surface area contributed by atoms with Crippen molar-refractivity contribution in [3.05, 3.63) is 115 Å². The lowest BCUT2D eigenvalue weighted by Gasteiger charge is -2.26. The molecule has 0 unspecified atom stereocenters. The Bertz CT molecular complexity index is 1850. The van der Waals surface area contributed by atoms with E-state index in [4.69, 9.17) is 14.6 Å². The number of hydrogen-bond acceptors (Lipinski definition) is 4. The molecule has 35 heavy (non-hydrogen) atoms. The number of anilines is 3. The zero-order valence-electron chi connectivity index (χ0n) is 18.9. The average molecular weight is 455 g/mol. The summed E-state index contributed by atoms with van der Waals surface area (Å²) in [6, 6.07) is 37.1. The molecule has 7 rings (SSSR count). The fraction of sp³-hybridized carbons (Fsp3) is 0.0323. The van der Waals surface area contributed by atoms with E-state index >= 15 is 0 Å². The van der Waals surface area contributed by atoms with Gasteiger partial charge in [0.05, 0.1) is 11.4 Å². The van der Waals surface area contributed by atoms with Crippen molar-refractivity contribution in [1.82, 2.24) is 0 Å². The summed E-state index contributed by atoms with van der Waals surface area (Å²) in [5, 5.41) is 4.25. The van der Waals surface area contributed by atoms with Crippen molar-refractivity contribution >= 4 is 60.9 Å². The van der Waals surface area contributed by atoms with Gasteiger partial charge in [-0.25, -0.2) is 0 Å². The van der Waals surface area contributed by atoms with Crippen molar-refractivity contribution in [2.24, 2.45) is 0 Å². The molecule has 0 radical (unpaired) electrons. The Hall–Kier alpha value is -4.70. The van der Waals surface area contributed by atoms with Crippen molar-refractivity contribution in [3.63, 3.8) is 0 Å². The smallest absolute Gasteiger partial charge is 0.178 e. The van der Waals surface area contributed by atoms with Gasteiger partial charge < -0.3 is 19.5 Å². The van der Waals surface area contributed by atoms with Gasteiger partial charge in [0.15, 0.2) is 11.2 Å². The molecule has 2 N–H and O–H groups in total. The van der Waals surface area contributed by atoms with Crippen LogP contribution in [0.2, 0.25) is 0 Å². The third-order valence-electron chi connectivity index (χ3n) is 6.69. The zero-order chi connectivity index (χ0) is 23.4. The van der Waals surface area contributed by atoms with E-state index in [-0.39, 0.29) is 0 Å². The fourth-order valence-electron chi connectivity index (χ4n) is 4.99. The molecule has 0 aliphatic carbocycles. The summed E-state index contributed by atoms with van der Waals surface area (Å²) in [5.74, 6) is 0. The maximum absolute atomic E-state index is 6.42. The molecule has 0 spiro atoms. The molecule has 0 saturated heterocycles. The van der Waals surface area contributed by atoms with E-state index < -0.39 is 0 Å². The molecule has 5 aromatic carbocycles. The van der Waals surface area contributed by atoms with Crippen molar-refractivity contribution in [3.8, 4) is 0 Å². The van der Waals surface area contributed by atoms with E-state index in [9.17, 15) is 0 Å². The highest BCUT2D eigenvalue weighted by Crippen LogP contribution is 2.41. The summed E-state index contributed by atoms with van der Waals surface area (Å²) >= 11 is 0. The lowest BCUT2D eigenvalue weighted by atomic mass is 10.1. The molecule has 0 amide bonds. The van der Waals surface area contributed by atoms with Crippen LogP contribution in [0.25, 0.3) is 43.9 Å². The Kier molecular flexibility index (Phi) is 4.33. The Morgan fingerprint density at radius 3 is 2.03 bits per heavy atom. The van der Waals surface area contributed by atoms with Gasteiger partial charge in [0.1, 0.15) is 11.2 Å². The Labute approximate surface area is 201 Å². The standard InChI is InChI=1S/C31H22N2O2/c32-26-11-5-6-12-27(26)33(19-20-8-2-1-3-9-20)21-14-17-29-25(18-21)24-16-15-23-22-10-4-7-13-28(22)34-30(23)31(24)35-29/h1-18H,19,32H2. The van der Waals surface area contributed by atoms with Crippen LogP contribution in [0.15, 0.2) is 118 Å². The topological polar surface area (TPSA) is 55.5 Å². The minimum Gasteiger partial charge on any atom is -0.452 e. The molecule has 0 aliphatic heterocycles. The predicted octanol–water partition coefficient (Wildman–Crippen LogP) is 8.41. The second kappa shape index (κ2) is 7.67.